The first-order valence-corrected chi connectivity index (χ1v) is 11.4. The fraction of sp³-hybridized carbons (Fsp3) is 0. The molecule has 4 nitrogen and oxygen atoms in total. The zero-order chi connectivity index (χ0) is 22.1. The summed E-state index contributed by atoms with van der Waals surface area (Å²) < 4.78 is 0. The third kappa shape index (κ3) is 4.10. The molecule has 5 aromatic rings. The average molecular weight is 476 g/mol. The van der Waals surface area contributed by atoms with Crippen molar-refractivity contribution < 1.29 is 4.79 Å². The van der Waals surface area contributed by atoms with Gasteiger partial charge in [-0.1, -0.05) is 71.7 Å². The molecule has 1 amide bonds. The van der Waals surface area contributed by atoms with Crippen molar-refractivity contribution in [3.05, 3.63) is 99.9 Å². The number of aromatic nitrogens is 2. The van der Waals surface area contributed by atoms with Crippen LogP contribution in [0.1, 0.15) is 10.4 Å². The van der Waals surface area contributed by atoms with Crippen LogP contribution in [0.25, 0.3) is 33.4 Å². The largest absolute Gasteiger partial charge is 0.298 e. The lowest BCUT2D eigenvalue weighted by atomic mass is 10.0. The summed E-state index contributed by atoms with van der Waals surface area (Å²) in [6, 6.07) is 24.4. The minimum Gasteiger partial charge on any atom is -0.298 e. The summed E-state index contributed by atoms with van der Waals surface area (Å²) in [5.41, 5.74) is 4.34. The van der Waals surface area contributed by atoms with Crippen LogP contribution in [-0.2, 0) is 0 Å². The Labute approximate surface area is 198 Å². The average Bonchev–Trinajstić information content (AvgIpc) is 3.28. The highest BCUT2D eigenvalue weighted by atomic mass is 35.5. The Bertz CT molecular complexity index is 1450. The van der Waals surface area contributed by atoms with Crippen molar-refractivity contribution in [1.82, 2.24) is 9.97 Å². The zero-order valence-corrected chi connectivity index (χ0v) is 18.9. The van der Waals surface area contributed by atoms with Crippen LogP contribution in [-0.4, -0.2) is 15.9 Å². The van der Waals surface area contributed by atoms with Gasteiger partial charge in [0.25, 0.3) is 5.91 Å². The number of nitrogens with one attached hydrogen (secondary N) is 1. The van der Waals surface area contributed by atoms with Crippen LogP contribution in [0.15, 0.2) is 84.2 Å². The number of carbonyl (C=O) groups excluding carboxylic acids is 1. The van der Waals surface area contributed by atoms with E-state index in [2.05, 4.69) is 10.3 Å². The first-order chi connectivity index (χ1) is 15.6. The Hall–Kier alpha value is -3.25. The third-order valence-electron chi connectivity index (χ3n) is 4.96. The van der Waals surface area contributed by atoms with Gasteiger partial charge in [-0.05, 0) is 30.3 Å². The standard InChI is InChI=1S/C25H15Cl2N3OS/c26-16-10-11-20(27)19(12-16)23-14-32-25(29-23)30-24(31)18-13-22(15-6-2-1-3-7-15)28-21-9-5-4-8-17(18)21/h1-14H,(H,29,30,31). The van der Waals surface area contributed by atoms with Crippen molar-refractivity contribution in [2.45, 2.75) is 0 Å². The van der Waals surface area contributed by atoms with Crippen LogP contribution in [0.4, 0.5) is 5.13 Å². The van der Waals surface area contributed by atoms with E-state index >= 15 is 0 Å². The Morgan fingerprint density at radius 3 is 2.47 bits per heavy atom. The van der Waals surface area contributed by atoms with E-state index in [1.54, 1.807) is 18.2 Å². The molecule has 0 unspecified atom stereocenters. The number of benzene rings is 3. The highest BCUT2D eigenvalue weighted by Gasteiger charge is 2.16. The van der Waals surface area contributed by atoms with Gasteiger partial charge in [-0.25, -0.2) is 9.97 Å². The van der Waals surface area contributed by atoms with E-state index in [1.807, 2.05) is 66.0 Å². The van der Waals surface area contributed by atoms with Gasteiger partial charge in [-0.2, -0.15) is 0 Å². The van der Waals surface area contributed by atoms with E-state index < -0.39 is 0 Å². The molecular formula is C25H15Cl2N3OS. The number of hydrogen-bond acceptors (Lipinski definition) is 4. The molecule has 156 valence electrons. The third-order valence-corrected chi connectivity index (χ3v) is 6.28. The quantitative estimate of drug-likeness (QED) is 0.291. The topological polar surface area (TPSA) is 54.9 Å². The van der Waals surface area contributed by atoms with Gasteiger partial charge in [0.05, 0.1) is 27.5 Å². The molecule has 0 bridgehead atoms. The molecule has 32 heavy (non-hydrogen) atoms. The number of nitrogens with zero attached hydrogens (tertiary/aromatic N) is 2. The van der Waals surface area contributed by atoms with E-state index in [1.165, 1.54) is 11.3 Å². The summed E-state index contributed by atoms with van der Waals surface area (Å²) >= 11 is 13.7. The van der Waals surface area contributed by atoms with Crippen molar-refractivity contribution in [2.24, 2.45) is 0 Å². The van der Waals surface area contributed by atoms with Crippen molar-refractivity contribution in [1.29, 1.82) is 0 Å². The second kappa shape index (κ2) is 8.71. The van der Waals surface area contributed by atoms with Gasteiger partial charge >= 0.3 is 0 Å². The molecule has 2 heterocycles. The van der Waals surface area contributed by atoms with Crippen LogP contribution < -0.4 is 5.32 Å². The summed E-state index contributed by atoms with van der Waals surface area (Å²) in [7, 11) is 0. The maximum Gasteiger partial charge on any atom is 0.258 e. The normalized spacial score (nSPS) is 10.9. The summed E-state index contributed by atoms with van der Waals surface area (Å²) in [5, 5.41) is 7.13. The van der Waals surface area contributed by atoms with Crippen LogP contribution >= 0.6 is 34.5 Å². The van der Waals surface area contributed by atoms with E-state index in [9.17, 15) is 4.79 Å². The molecule has 2 aromatic heterocycles. The highest BCUT2D eigenvalue weighted by molar-refractivity contribution is 7.14. The fourth-order valence-corrected chi connectivity index (χ4v) is 4.53. The molecule has 0 saturated carbocycles. The Balaban J connectivity index is 1.51. The molecule has 0 aliphatic carbocycles. The predicted octanol–water partition coefficient (Wildman–Crippen LogP) is 7.58. The number of hydrogen-bond donors (Lipinski definition) is 1. The lowest BCUT2D eigenvalue weighted by Crippen LogP contribution is -2.13. The number of fused-ring (bicyclic) bond motifs is 1. The smallest absolute Gasteiger partial charge is 0.258 e. The van der Waals surface area contributed by atoms with Gasteiger partial charge in [0.1, 0.15) is 0 Å². The van der Waals surface area contributed by atoms with Gasteiger partial charge in [0.15, 0.2) is 5.13 Å². The van der Waals surface area contributed by atoms with Crippen molar-refractivity contribution in [3.8, 4) is 22.5 Å². The SMILES string of the molecule is O=C(Nc1nc(-c2cc(Cl)ccc2Cl)cs1)c1cc(-c2ccccc2)nc2ccccc12. The number of rotatable bonds is 4. The lowest BCUT2D eigenvalue weighted by Gasteiger charge is -2.09. The van der Waals surface area contributed by atoms with Gasteiger partial charge in [-0.15, -0.1) is 11.3 Å². The number of pyridine rings is 1. The lowest BCUT2D eigenvalue weighted by molar-refractivity contribution is 0.102. The molecule has 0 aliphatic heterocycles. The zero-order valence-electron chi connectivity index (χ0n) is 16.5. The minimum atomic E-state index is -0.251. The second-order valence-corrected chi connectivity index (χ2v) is 8.76. The molecule has 0 atom stereocenters. The maximum atomic E-state index is 13.3. The van der Waals surface area contributed by atoms with Crippen molar-refractivity contribution >= 4 is 56.5 Å². The van der Waals surface area contributed by atoms with E-state index in [0.717, 1.165) is 27.7 Å². The Morgan fingerprint density at radius 1 is 0.844 bits per heavy atom. The molecule has 0 fully saturated rings. The van der Waals surface area contributed by atoms with Crippen LogP contribution in [0.5, 0.6) is 0 Å². The maximum absolute atomic E-state index is 13.3. The minimum absolute atomic E-state index is 0.251. The summed E-state index contributed by atoms with van der Waals surface area (Å²) in [6.07, 6.45) is 0. The molecule has 7 heteroatoms. The van der Waals surface area contributed by atoms with E-state index in [0.29, 0.717) is 26.4 Å². The number of para-hydroxylation sites is 1. The number of thiazole rings is 1. The predicted molar refractivity (Wildman–Crippen MR) is 133 cm³/mol. The van der Waals surface area contributed by atoms with Crippen molar-refractivity contribution in [3.63, 3.8) is 0 Å². The number of amides is 1. The monoisotopic (exact) mass is 475 g/mol. The molecule has 0 spiro atoms. The summed E-state index contributed by atoms with van der Waals surface area (Å²) in [4.78, 5) is 22.5. The molecule has 0 saturated heterocycles. The Morgan fingerprint density at radius 2 is 1.62 bits per heavy atom. The first kappa shape index (κ1) is 20.6. The van der Waals surface area contributed by atoms with E-state index in [4.69, 9.17) is 28.2 Å². The Kier molecular flexibility index (Phi) is 5.62. The molecule has 0 radical (unpaired) electrons. The number of carbonyl (C=O) groups is 1. The van der Waals surface area contributed by atoms with Gasteiger partial charge in [-0.3, -0.25) is 10.1 Å². The van der Waals surface area contributed by atoms with Crippen molar-refractivity contribution in [2.75, 3.05) is 5.32 Å². The van der Waals surface area contributed by atoms with Gasteiger partial charge in [0, 0.05) is 26.9 Å². The van der Waals surface area contributed by atoms with Gasteiger partial charge < -0.3 is 0 Å². The van der Waals surface area contributed by atoms with Crippen LogP contribution in [0, 0.1) is 0 Å². The molecule has 0 aliphatic rings. The highest BCUT2D eigenvalue weighted by Crippen LogP contribution is 2.33. The van der Waals surface area contributed by atoms with Crippen LogP contribution in [0.3, 0.4) is 0 Å². The summed E-state index contributed by atoms with van der Waals surface area (Å²) in [5.74, 6) is -0.251. The first-order valence-electron chi connectivity index (χ1n) is 9.76. The number of halogens is 2. The van der Waals surface area contributed by atoms with Gasteiger partial charge in [0.2, 0.25) is 0 Å². The molecule has 3 aromatic carbocycles. The molecule has 5 rings (SSSR count). The summed E-state index contributed by atoms with van der Waals surface area (Å²) in [6.45, 7) is 0. The number of anilines is 1. The molecular weight excluding hydrogens is 461 g/mol. The second-order valence-electron chi connectivity index (χ2n) is 7.05. The van der Waals surface area contributed by atoms with E-state index in [-0.39, 0.29) is 5.91 Å². The molecule has 1 N–H and O–H groups in total. The fourth-order valence-electron chi connectivity index (χ4n) is 3.43. The van der Waals surface area contributed by atoms with Crippen LogP contribution in [0.2, 0.25) is 10.0 Å².